The molecule has 126 valence electrons. The summed E-state index contributed by atoms with van der Waals surface area (Å²) in [6.45, 7) is 1.75. The largest absolute Gasteiger partial charge is 0.370 e. The molecule has 1 aliphatic heterocycles. The van der Waals surface area contributed by atoms with Gasteiger partial charge in [-0.05, 0) is 32.1 Å². The van der Waals surface area contributed by atoms with E-state index in [0.29, 0.717) is 18.2 Å². The number of likely N-dealkylation sites (tertiary alicyclic amines) is 1. The van der Waals surface area contributed by atoms with Crippen LogP contribution in [0.5, 0.6) is 0 Å². The molecule has 0 unspecified atom stereocenters. The molecule has 23 heavy (non-hydrogen) atoms. The molecule has 0 aromatic carbocycles. The molecule has 3 rings (SSSR count). The standard InChI is InChI=1S/C15H23N5O2S/c16-12(21)6-7-13-17-18-15(20(13)11-4-5-11)23-10-14(22)19-8-2-1-3-9-19/h11H,1-10H2,(H2,16,21). The maximum atomic E-state index is 12.3. The molecule has 1 aliphatic carbocycles. The smallest absolute Gasteiger partial charge is 0.233 e. The number of carbonyl (C=O) groups excluding carboxylic acids is 2. The van der Waals surface area contributed by atoms with Crippen LogP contribution in [0.15, 0.2) is 5.16 Å². The maximum absolute atomic E-state index is 12.3. The van der Waals surface area contributed by atoms with E-state index < -0.39 is 0 Å². The lowest BCUT2D eigenvalue weighted by Gasteiger charge is -2.26. The summed E-state index contributed by atoms with van der Waals surface area (Å²) in [6, 6.07) is 0.417. The molecule has 1 saturated carbocycles. The zero-order valence-electron chi connectivity index (χ0n) is 13.2. The molecule has 2 aliphatic rings. The Morgan fingerprint density at radius 1 is 1.17 bits per heavy atom. The highest BCUT2D eigenvalue weighted by Gasteiger charge is 2.30. The van der Waals surface area contributed by atoms with Gasteiger partial charge in [0.1, 0.15) is 5.82 Å². The van der Waals surface area contributed by atoms with E-state index in [-0.39, 0.29) is 18.2 Å². The first-order valence-corrected chi connectivity index (χ1v) is 9.26. The average molecular weight is 337 g/mol. The van der Waals surface area contributed by atoms with Crippen LogP contribution in [0, 0.1) is 0 Å². The van der Waals surface area contributed by atoms with Crippen LogP contribution >= 0.6 is 11.8 Å². The summed E-state index contributed by atoms with van der Waals surface area (Å²) in [6.07, 6.45) is 6.43. The van der Waals surface area contributed by atoms with Crippen LogP contribution in [-0.2, 0) is 16.0 Å². The molecular formula is C15H23N5O2S. The Morgan fingerprint density at radius 2 is 1.91 bits per heavy atom. The van der Waals surface area contributed by atoms with Crippen molar-refractivity contribution in [3.63, 3.8) is 0 Å². The Hall–Kier alpha value is -1.57. The minimum absolute atomic E-state index is 0.179. The summed E-state index contributed by atoms with van der Waals surface area (Å²) in [5.41, 5.74) is 5.22. The van der Waals surface area contributed by atoms with Gasteiger partial charge in [0.15, 0.2) is 5.16 Å². The van der Waals surface area contributed by atoms with Crippen LogP contribution in [0.4, 0.5) is 0 Å². The minimum atomic E-state index is -0.329. The molecule has 2 heterocycles. The fraction of sp³-hybridized carbons (Fsp3) is 0.733. The highest BCUT2D eigenvalue weighted by molar-refractivity contribution is 7.99. The molecular weight excluding hydrogens is 314 g/mol. The van der Waals surface area contributed by atoms with Crippen molar-refractivity contribution in [2.45, 2.75) is 56.1 Å². The van der Waals surface area contributed by atoms with Crippen LogP contribution < -0.4 is 5.73 Å². The number of amides is 2. The van der Waals surface area contributed by atoms with Gasteiger partial charge >= 0.3 is 0 Å². The number of hydrogen-bond donors (Lipinski definition) is 1. The van der Waals surface area contributed by atoms with Gasteiger partial charge in [-0.3, -0.25) is 9.59 Å². The fourth-order valence-corrected chi connectivity index (χ4v) is 3.80. The van der Waals surface area contributed by atoms with Crippen molar-refractivity contribution < 1.29 is 9.59 Å². The van der Waals surface area contributed by atoms with Crippen molar-refractivity contribution in [3.8, 4) is 0 Å². The van der Waals surface area contributed by atoms with Gasteiger partial charge in [-0.2, -0.15) is 0 Å². The van der Waals surface area contributed by atoms with Gasteiger partial charge in [0.2, 0.25) is 11.8 Å². The summed E-state index contributed by atoms with van der Waals surface area (Å²) < 4.78 is 2.09. The molecule has 2 amide bonds. The number of aromatic nitrogens is 3. The van der Waals surface area contributed by atoms with Crippen molar-refractivity contribution in [2.24, 2.45) is 5.73 Å². The predicted octanol–water partition coefficient (Wildman–Crippen LogP) is 1.14. The zero-order chi connectivity index (χ0) is 16.2. The first-order chi connectivity index (χ1) is 11.1. The van der Waals surface area contributed by atoms with Gasteiger partial charge in [0, 0.05) is 32.0 Å². The van der Waals surface area contributed by atoms with Crippen LogP contribution in [0.2, 0.25) is 0 Å². The number of piperidine rings is 1. The number of aryl methyl sites for hydroxylation is 1. The number of nitrogens with two attached hydrogens (primary N) is 1. The highest BCUT2D eigenvalue weighted by Crippen LogP contribution is 2.39. The number of hydrogen-bond acceptors (Lipinski definition) is 5. The van der Waals surface area contributed by atoms with Gasteiger partial charge < -0.3 is 15.2 Å². The van der Waals surface area contributed by atoms with E-state index >= 15 is 0 Å². The lowest BCUT2D eigenvalue weighted by Crippen LogP contribution is -2.36. The number of carbonyl (C=O) groups is 2. The summed E-state index contributed by atoms with van der Waals surface area (Å²) in [7, 11) is 0. The van der Waals surface area contributed by atoms with Gasteiger partial charge in [-0.25, -0.2) is 0 Å². The van der Waals surface area contributed by atoms with Gasteiger partial charge in [-0.15, -0.1) is 10.2 Å². The van der Waals surface area contributed by atoms with Gasteiger partial charge in [0.05, 0.1) is 5.75 Å². The predicted molar refractivity (Wildman–Crippen MR) is 87.0 cm³/mol. The Kier molecular flexibility index (Phi) is 5.20. The fourth-order valence-electron chi connectivity index (χ4n) is 2.87. The van der Waals surface area contributed by atoms with Crippen molar-refractivity contribution >= 4 is 23.6 Å². The van der Waals surface area contributed by atoms with E-state index in [4.69, 9.17) is 5.73 Å². The topological polar surface area (TPSA) is 94.1 Å². The number of nitrogens with zero attached hydrogens (tertiary/aromatic N) is 4. The second-order valence-corrected chi connectivity index (χ2v) is 7.14. The monoisotopic (exact) mass is 337 g/mol. The molecule has 8 heteroatoms. The SMILES string of the molecule is NC(=O)CCc1nnc(SCC(=O)N2CCCCC2)n1C1CC1. The average Bonchev–Trinajstić information content (AvgIpc) is 3.32. The van der Waals surface area contributed by atoms with E-state index in [1.807, 2.05) is 4.90 Å². The van der Waals surface area contributed by atoms with Crippen LogP contribution in [0.25, 0.3) is 0 Å². The van der Waals surface area contributed by atoms with E-state index in [1.165, 1.54) is 18.2 Å². The summed E-state index contributed by atoms with van der Waals surface area (Å²) >= 11 is 1.45. The molecule has 7 nitrogen and oxygen atoms in total. The van der Waals surface area contributed by atoms with E-state index in [0.717, 1.165) is 49.8 Å². The van der Waals surface area contributed by atoms with Crippen molar-refractivity contribution in [1.82, 2.24) is 19.7 Å². The van der Waals surface area contributed by atoms with Crippen molar-refractivity contribution in [1.29, 1.82) is 0 Å². The first kappa shape index (κ1) is 16.3. The van der Waals surface area contributed by atoms with E-state index in [9.17, 15) is 9.59 Å². The third kappa shape index (κ3) is 4.25. The van der Waals surface area contributed by atoms with Crippen molar-refractivity contribution in [3.05, 3.63) is 5.82 Å². The summed E-state index contributed by atoms with van der Waals surface area (Å²) in [5.74, 6) is 1.06. The van der Waals surface area contributed by atoms with Crippen LogP contribution in [0.1, 0.15) is 50.4 Å². The first-order valence-electron chi connectivity index (χ1n) is 8.28. The lowest BCUT2D eigenvalue weighted by molar-refractivity contribution is -0.129. The van der Waals surface area contributed by atoms with Gasteiger partial charge in [-0.1, -0.05) is 11.8 Å². The summed E-state index contributed by atoms with van der Waals surface area (Å²) in [5, 5.41) is 9.21. The zero-order valence-corrected chi connectivity index (χ0v) is 14.1. The molecule has 2 N–H and O–H groups in total. The lowest BCUT2D eigenvalue weighted by atomic mass is 10.1. The molecule has 1 aromatic heterocycles. The van der Waals surface area contributed by atoms with Crippen molar-refractivity contribution in [2.75, 3.05) is 18.8 Å². The molecule has 0 radical (unpaired) electrons. The second kappa shape index (κ2) is 7.33. The Labute approximate surface area is 140 Å². The molecule has 0 atom stereocenters. The Morgan fingerprint density at radius 3 is 2.57 bits per heavy atom. The Balaban J connectivity index is 1.60. The van der Waals surface area contributed by atoms with E-state index in [2.05, 4.69) is 14.8 Å². The molecule has 1 saturated heterocycles. The minimum Gasteiger partial charge on any atom is -0.370 e. The molecule has 0 bridgehead atoms. The normalized spacial score (nSPS) is 18.2. The maximum Gasteiger partial charge on any atom is 0.233 e. The van der Waals surface area contributed by atoms with Gasteiger partial charge in [0.25, 0.3) is 0 Å². The highest BCUT2D eigenvalue weighted by atomic mass is 32.2. The third-order valence-electron chi connectivity index (χ3n) is 4.28. The second-order valence-electron chi connectivity index (χ2n) is 6.20. The summed E-state index contributed by atoms with van der Waals surface area (Å²) in [4.78, 5) is 25.2. The quantitative estimate of drug-likeness (QED) is 0.753. The number of rotatable bonds is 7. The third-order valence-corrected chi connectivity index (χ3v) is 5.20. The number of thioether (sulfide) groups is 1. The van der Waals surface area contributed by atoms with Crippen LogP contribution in [0.3, 0.4) is 0 Å². The molecule has 1 aromatic rings. The van der Waals surface area contributed by atoms with Crippen LogP contribution in [-0.4, -0.2) is 50.3 Å². The Bertz CT molecular complexity index is 578. The number of primary amides is 1. The molecule has 0 spiro atoms. The molecule has 2 fully saturated rings. The van der Waals surface area contributed by atoms with E-state index in [1.54, 1.807) is 0 Å².